The van der Waals surface area contributed by atoms with Gasteiger partial charge >= 0.3 is 0 Å². The highest BCUT2D eigenvalue weighted by Gasteiger charge is 2.32. The summed E-state index contributed by atoms with van der Waals surface area (Å²) in [5, 5.41) is 13.9. The van der Waals surface area contributed by atoms with Crippen LogP contribution in [0.25, 0.3) is 10.2 Å². The highest BCUT2D eigenvalue weighted by Crippen LogP contribution is 2.47. The Kier molecular flexibility index (Phi) is 5.59. The zero-order valence-corrected chi connectivity index (χ0v) is 16.7. The van der Waals surface area contributed by atoms with Crippen LogP contribution in [0, 0.1) is 0 Å². The minimum absolute atomic E-state index is 0.00281. The number of thiophene rings is 1. The number of anilines is 1. The lowest BCUT2D eigenvalue weighted by Gasteiger charge is -2.24. The predicted molar refractivity (Wildman–Crippen MR) is 108 cm³/mol. The lowest BCUT2D eigenvalue weighted by Crippen LogP contribution is -2.30. The Morgan fingerprint density at radius 1 is 1.30 bits per heavy atom. The smallest absolute Gasteiger partial charge is 0.223 e. The largest absolute Gasteiger partial charge is 0.395 e. The number of aryl methyl sites for hydroxylation is 1. The summed E-state index contributed by atoms with van der Waals surface area (Å²) in [6, 6.07) is 0.490. The summed E-state index contributed by atoms with van der Waals surface area (Å²) in [6.07, 6.45) is 10.5. The molecule has 0 spiro atoms. The monoisotopic (exact) mass is 388 g/mol. The van der Waals surface area contributed by atoms with Gasteiger partial charge in [0, 0.05) is 30.9 Å². The molecule has 2 aromatic rings. The quantitative estimate of drug-likeness (QED) is 0.794. The Morgan fingerprint density at radius 2 is 2.11 bits per heavy atom. The van der Waals surface area contributed by atoms with Gasteiger partial charge in [-0.05, 0) is 37.2 Å². The first-order valence-corrected chi connectivity index (χ1v) is 10.9. The molecule has 7 heteroatoms. The van der Waals surface area contributed by atoms with Crippen molar-refractivity contribution in [1.82, 2.24) is 14.9 Å². The standard InChI is InChI=1S/C20H28N4O2S/c1-24(9-10-25)16(26)11-13-7-8-15-17(13)18-19(21-12-22-20(18)27-15)23-14-5-3-2-4-6-14/h12-14,25H,2-11H2,1H3,(H,21,22,23). The highest BCUT2D eigenvalue weighted by molar-refractivity contribution is 7.19. The maximum atomic E-state index is 12.5. The number of aromatic nitrogens is 2. The van der Waals surface area contributed by atoms with Crippen LogP contribution in [-0.2, 0) is 11.2 Å². The van der Waals surface area contributed by atoms with Gasteiger partial charge in [-0.1, -0.05) is 19.3 Å². The van der Waals surface area contributed by atoms with Gasteiger partial charge in [0.25, 0.3) is 0 Å². The summed E-state index contributed by atoms with van der Waals surface area (Å²) in [5.41, 5.74) is 1.29. The molecule has 2 aliphatic carbocycles. The molecule has 1 amide bonds. The molecule has 2 aliphatic rings. The first-order chi connectivity index (χ1) is 13.2. The zero-order valence-electron chi connectivity index (χ0n) is 15.9. The predicted octanol–water partition coefficient (Wildman–Crippen LogP) is 3.31. The number of aliphatic hydroxyl groups is 1. The minimum atomic E-state index is 0.00281. The number of nitrogens with one attached hydrogen (secondary N) is 1. The Balaban J connectivity index is 1.61. The molecule has 2 N–H and O–H groups in total. The number of aliphatic hydroxyl groups excluding tert-OH is 1. The van der Waals surface area contributed by atoms with Gasteiger partial charge in [0.2, 0.25) is 5.91 Å². The molecule has 0 saturated heterocycles. The van der Waals surface area contributed by atoms with E-state index in [-0.39, 0.29) is 18.4 Å². The van der Waals surface area contributed by atoms with Gasteiger partial charge in [0.1, 0.15) is 17.0 Å². The molecule has 6 nitrogen and oxygen atoms in total. The Hall–Kier alpha value is -1.73. The van der Waals surface area contributed by atoms with Crippen LogP contribution in [-0.4, -0.2) is 52.1 Å². The van der Waals surface area contributed by atoms with Gasteiger partial charge in [-0.3, -0.25) is 4.79 Å². The van der Waals surface area contributed by atoms with Crippen LogP contribution in [0.5, 0.6) is 0 Å². The van der Waals surface area contributed by atoms with Crippen molar-refractivity contribution in [2.45, 2.75) is 63.3 Å². The average Bonchev–Trinajstić information content (AvgIpc) is 3.23. The molecule has 1 unspecified atom stereocenters. The van der Waals surface area contributed by atoms with Crippen LogP contribution >= 0.6 is 11.3 Å². The lowest BCUT2D eigenvalue weighted by atomic mass is 9.94. The molecule has 0 aliphatic heterocycles. The summed E-state index contributed by atoms with van der Waals surface area (Å²) >= 11 is 1.76. The second-order valence-electron chi connectivity index (χ2n) is 7.80. The van der Waals surface area contributed by atoms with E-state index < -0.39 is 0 Å². The van der Waals surface area contributed by atoms with Crippen molar-refractivity contribution < 1.29 is 9.90 Å². The maximum Gasteiger partial charge on any atom is 0.223 e. The number of hydrogen-bond acceptors (Lipinski definition) is 6. The zero-order chi connectivity index (χ0) is 18.8. The topological polar surface area (TPSA) is 78.3 Å². The van der Waals surface area contributed by atoms with E-state index in [1.165, 1.54) is 42.5 Å². The molecule has 1 atom stereocenters. The summed E-state index contributed by atoms with van der Waals surface area (Å²) in [7, 11) is 1.76. The fourth-order valence-corrected chi connectivity index (χ4v) is 5.70. The molecule has 0 bridgehead atoms. The van der Waals surface area contributed by atoms with Crippen molar-refractivity contribution in [3.63, 3.8) is 0 Å². The SMILES string of the molecule is CN(CCO)C(=O)CC1CCc2sc3ncnc(NC4CCCCC4)c3c21. The molecule has 1 fully saturated rings. The van der Waals surface area contributed by atoms with Gasteiger partial charge in [-0.25, -0.2) is 9.97 Å². The van der Waals surface area contributed by atoms with E-state index in [1.807, 2.05) is 0 Å². The number of rotatable bonds is 6. The van der Waals surface area contributed by atoms with Crippen LogP contribution in [0.3, 0.4) is 0 Å². The lowest BCUT2D eigenvalue weighted by molar-refractivity contribution is -0.130. The van der Waals surface area contributed by atoms with Crippen LogP contribution in [0.2, 0.25) is 0 Å². The number of likely N-dealkylation sites (N-methyl/N-ethyl adjacent to an activating group) is 1. The maximum absolute atomic E-state index is 12.5. The minimum Gasteiger partial charge on any atom is -0.395 e. The van der Waals surface area contributed by atoms with Crippen LogP contribution in [0.4, 0.5) is 5.82 Å². The summed E-state index contributed by atoms with van der Waals surface area (Å²) < 4.78 is 0. The molecular weight excluding hydrogens is 360 g/mol. The fraction of sp³-hybridized carbons (Fsp3) is 0.650. The average molecular weight is 389 g/mol. The van der Waals surface area contributed by atoms with Crippen molar-refractivity contribution in [1.29, 1.82) is 0 Å². The van der Waals surface area contributed by atoms with E-state index in [0.717, 1.165) is 28.9 Å². The van der Waals surface area contributed by atoms with Gasteiger partial charge in [0.05, 0.1) is 12.0 Å². The summed E-state index contributed by atoms with van der Waals surface area (Å²) in [6.45, 7) is 0.392. The molecule has 0 radical (unpaired) electrons. The second kappa shape index (κ2) is 8.10. The number of hydrogen-bond donors (Lipinski definition) is 2. The molecule has 1 saturated carbocycles. The Labute approximate surface area is 164 Å². The Morgan fingerprint density at radius 3 is 2.89 bits per heavy atom. The summed E-state index contributed by atoms with van der Waals surface area (Å²) in [5.74, 6) is 1.27. The molecule has 146 valence electrons. The van der Waals surface area contributed by atoms with Crippen molar-refractivity contribution >= 4 is 33.3 Å². The number of carbonyl (C=O) groups excluding carboxylic acids is 1. The number of carbonyl (C=O) groups is 1. The summed E-state index contributed by atoms with van der Waals surface area (Å²) in [4.78, 5) is 25.7. The third-order valence-electron chi connectivity index (χ3n) is 5.96. The normalized spacial score (nSPS) is 20.0. The first kappa shape index (κ1) is 18.6. The van der Waals surface area contributed by atoms with Crippen molar-refractivity contribution in [2.75, 3.05) is 25.5 Å². The van der Waals surface area contributed by atoms with E-state index in [2.05, 4.69) is 15.3 Å². The van der Waals surface area contributed by atoms with Gasteiger partial charge in [-0.2, -0.15) is 0 Å². The van der Waals surface area contributed by atoms with Gasteiger partial charge < -0.3 is 15.3 Å². The van der Waals surface area contributed by atoms with E-state index in [1.54, 1.807) is 29.6 Å². The van der Waals surface area contributed by atoms with E-state index in [9.17, 15) is 4.79 Å². The molecule has 4 rings (SSSR count). The van der Waals surface area contributed by atoms with Crippen molar-refractivity contribution in [2.24, 2.45) is 0 Å². The third-order valence-corrected chi connectivity index (χ3v) is 7.13. The number of amides is 1. The number of fused-ring (bicyclic) bond motifs is 3. The number of nitrogens with zero attached hydrogens (tertiary/aromatic N) is 3. The molecule has 27 heavy (non-hydrogen) atoms. The third kappa shape index (κ3) is 3.80. The van der Waals surface area contributed by atoms with Crippen molar-refractivity contribution in [3.8, 4) is 0 Å². The van der Waals surface area contributed by atoms with E-state index in [4.69, 9.17) is 5.11 Å². The Bertz CT molecular complexity index is 816. The molecular formula is C20H28N4O2S. The van der Waals surface area contributed by atoms with Gasteiger partial charge in [0.15, 0.2) is 0 Å². The van der Waals surface area contributed by atoms with Crippen LogP contribution in [0.1, 0.15) is 61.3 Å². The fourth-order valence-electron chi connectivity index (χ4n) is 4.46. The van der Waals surface area contributed by atoms with Crippen LogP contribution in [0.15, 0.2) is 6.33 Å². The van der Waals surface area contributed by atoms with Crippen molar-refractivity contribution in [3.05, 3.63) is 16.8 Å². The van der Waals surface area contributed by atoms with Gasteiger partial charge in [-0.15, -0.1) is 11.3 Å². The first-order valence-electron chi connectivity index (χ1n) is 10.0. The highest BCUT2D eigenvalue weighted by atomic mass is 32.1. The second-order valence-corrected chi connectivity index (χ2v) is 8.88. The van der Waals surface area contributed by atoms with E-state index in [0.29, 0.717) is 19.0 Å². The molecule has 0 aromatic carbocycles. The van der Waals surface area contributed by atoms with E-state index >= 15 is 0 Å². The molecule has 2 heterocycles. The van der Waals surface area contributed by atoms with Crippen LogP contribution < -0.4 is 5.32 Å². The molecule has 2 aromatic heterocycles.